The highest BCUT2D eigenvalue weighted by atomic mass is 32.2. The molecule has 0 aliphatic carbocycles. The van der Waals surface area contributed by atoms with Crippen molar-refractivity contribution in [2.75, 3.05) is 12.4 Å². The van der Waals surface area contributed by atoms with Gasteiger partial charge in [-0.15, -0.1) is 0 Å². The van der Waals surface area contributed by atoms with Crippen molar-refractivity contribution in [1.29, 1.82) is 0 Å². The second-order valence-corrected chi connectivity index (χ2v) is 7.82. The highest BCUT2D eigenvalue weighted by Crippen LogP contribution is 2.31. The number of rotatable bonds is 6. The first-order valence-electron chi connectivity index (χ1n) is 6.86. The van der Waals surface area contributed by atoms with Crippen molar-refractivity contribution in [3.05, 3.63) is 29.8 Å². The Morgan fingerprint density at radius 1 is 1.25 bits per heavy atom. The summed E-state index contributed by atoms with van der Waals surface area (Å²) in [5, 5.41) is 5.10. The van der Waals surface area contributed by atoms with E-state index in [1.165, 1.54) is 0 Å². The number of hydrogen-bond donors (Lipinski definition) is 1. The van der Waals surface area contributed by atoms with E-state index in [-0.39, 0.29) is 17.1 Å². The van der Waals surface area contributed by atoms with E-state index in [1.807, 2.05) is 31.2 Å². The van der Waals surface area contributed by atoms with Crippen molar-refractivity contribution in [2.24, 2.45) is 11.1 Å². The molecule has 20 heavy (non-hydrogen) atoms. The zero-order valence-corrected chi connectivity index (χ0v) is 13.5. The topological polar surface area (TPSA) is 69.4 Å². The third-order valence-electron chi connectivity index (χ3n) is 3.21. The first-order valence-corrected chi connectivity index (χ1v) is 8.58. The highest BCUT2D eigenvalue weighted by Gasteiger charge is 2.20. The minimum atomic E-state index is -3.46. The van der Waals surface area contributed by atoms with Gasteiger partial charge in [-0.1, -0.05) is 45.9 Å². The number of primary sulfonamides is 1. The van der Waals surface area contributed by atoms with E-state index in [9.17, 15) is 8.42 Å². The van der Waals surface area contributed by atoms with Gasteiger partial charge in [-0.3, -0.25) is 0 Å². The summed E-state index contributed by atoms with van der Waals surface area (Å²) in [5.41, 5.74) is 1.10. The fourth-order valence-electron chi connectivity index (χ4n) is 2.03. The van der Waals surface area contributed by atoms with Gasteiger partial charge in [0, 0.05) is 5.92 Å². The molecule has 114 valence electrons. The normalized spacial score (nSPS) is 14.1. The van der Waals surface area contributed by atoms with Crippen LogP contribution in [0, 0.1) is 5.92 Å². The second-order valence-electron chi connectivity index (χ2n) is 6.16. The van der Waals surface area contributed by atoms with Gasteiger partial charge < -0.3 is 4.74 Å². The lowest BCUT2D eigenvalue weighted by molar-refractivity contribution is 0.252. The Labute approximate surface area is 122 Å². The molecule has 0 aliphatic heterocycles. The summed E-state index contributed by atoms with van der Waals surface area (Å²) in [5.74, 6) is 0.687. The van der Waals surface area contributed by atoms with Gasteiger partial charge in [-0.05, 0) is 23.5 Å². The molecule has 0 saturated heterocycles. The molecule has 2 N–H and O–H groups in total. The first kappa shape index (κ1) is 17.0. The van der Waals surface area contributed by atoms with Crippen LogP contribution in [0.3, 0.4) is 0 Å². The Morgan fingerprint density at radius 2 is 1.85 bits per heavy atom. The molecule has 1 rings (SSSR count). The molecule has 0 saturated carbocycles. The molecule has 0 radical (unpaired) electrons. The third kappa shape index (κ3) is 5.51. The van der Waals surface area contributed by atoms with Crippen molar-refractivity contribution in [3.8, 4) is 5.75 Å². The standard InChI is InChI=1S/C15H25NO3S/c1-5-12(11-20(16,17)18)10-19-14-9-7-6-8-13(14)15(2,3)4/h6-9,12H,5,10-11H2,1-4H3,(H2,16,17,18). The fraction of sp³-hybridized carbons (Fsp3) is 0.600. The monoisotopic (exact) mass is 299 g/mol. The van der Waals surface area contributed by atoms with Crippen LogP contribution in [0.4, 0.5) is 0 Å². The molecule has 5 heteroatoms. The molecular formula is C15H25NO3S. The molecule has 1 aromatic rings. The number of benzene rings is 1. The van der Waals surface area contributed by atoms with Crippen LogP contribution in [-0.4, -0.2) is 20.8 Å². The van der Waals surface area contributed by atoms with Gasteiger partial charge in [-0.2, -0.15) is 0 Å². The number of nitrogens with two attached hydrogens (primary N) is 1. The van der Waals surface area contributed by atoms with Gasteiger partial charge in [0.25, 0.3) is 0 Å². The Bertz CT molecular complexity index is 532. The highest BCUT2D eigenvalue weighted by molar-refractivity contribution is 7.89. The molecule has 1 atom stereocenters. The van der Waals surface area contributed by atoms with Crippen molar-refractivity contribution in [3.63, 3.8) is 0 Å². The number of sulfonamides is 1. The van der Waals surface area contributed by atoms with Crippen LogP contribution in [0.1, 0.15) is 39.7 Å². The maximum absolute atomic E-state index is 11.2. The molecule has 0 heterocycles. The van der Waals surface area contributed by atoms with Gasteiger partial charge in [0.05, 0.1) is 12.4 Å². The van der Waals surface area contributed by atoms with E-state index in [0.717, 1.165) is 11.3 Å². The zero-order valence-electron chi connectivity index (χ0n) is 12.7. The molecular weight excluding hydrogens is 274 g/mol. The van der Waals surface area contributed by atoms with Crippen molar-refractivity contribution >= 4 is 10.0 Å². The lowest BCUT2D eigenvalue weighted by Gasteiger charge is -2.24. The fourth-order valence-corrected chi connectivity index (χ4v) is 3.02. The summed E-state index contributed by atoms with van der Waals surface area (Å²) in [6.45, 7) is 8.67. The largest absolute Gasteiger partial charge is 0.493 e. The molecule has 4 nitrogen and oxygen atoms in total. The Hall–Kier alpha value is -1.07. The molecule has 0 aliphatic rings. The average molecular weight is 299 g/mol. The van der Waals surface area contributed by atoms with E-state index in [2.05, 4.69) is 20.8 Å². The van der Waals surface area contributed by atoms with Crippen molar-refractivity contribution in [2.45, 2.75) is 39.5 Å². The van der Waals surface area contributed by atoms with Gasteiger partial charge in [0.1, 0.15) is 5.75 Å². The summed E-state index contributed by atoms with van der Waals surface area (Å²) in [6.07, 6.45) is 0.716. The number of ether oxygens (including phenoxy) is 1. The van der Waals surface area contributed by atoms with Crippen molar-refractivity contribution < 1.29 is 13.2 Å². The lowest BCUT2D eigenvalue weighted by Crippen LogP contribution is -2.27. The first-order chi connectivity index (χ1) is 9.13. The molecule has 0 fully saturated rings. The summed E-state index contributed by atoms with van der Waals surface area (Å²) in [4.78, 5) is 0. The summed E-state index contributed by atoms with van der Waals surface area (Å²) >= 11 is 0. The summed E-state index contributed by atoms with van der Waals surface area (Å²) in [7, 11) is -3.46. The van der Waals surface area contributed by atoms with E-state index < -0.39 is 10.0 Å². The second kappa shape index (κ2) is 6.59. The quantitative estimate of drug-likeness (QED) is 0.878. The summed E-state index contributed by atoms with van der Waals surface area (Å²) < 4.78 is 28.2. The van der Waals surface area contributed by atoms with Gasteiger partial charge in [0.2, 0.25) is 10.0 Å². The minimum absolute atomic E-state index is 0.0156. The van der Waals surface area contributed by atoms with Crippen LogP contribution < -0.4 is 9.88 Å². The lowest BCUT2D eigenvalue weighted by atomic mass is 9.86. The van der Waals surface area contributed by atoms with Crippen molar-refractivity contribution in [1.82, 2.24) is 0 Å². The Kier molecular flexibility index (Phi) is 5.59. The average Bonchev–Trinajstić information content (AvgIpc) is 2.32. The van der Waals surface area contributed by atoms with E-state index in [1.54, 1.807) is 0 Å². The molecule has 1 unspecified atom stereocenters. The van der Waals surface area contributed by atoms with Crippen LogP contribution in [0.2, 0.25) is 0 Å². The van der Waals surface area contributed by atoms with E-state index >= 15 is 0 Å². The summed E-state index contributed by atoms with van der Waals surface area (Å²) in [6, 6.07) is 7.86. The van der Waals surface area contributed by atoms with Gasteiger partial charge in [0.15, 0.2) is 0 Å². The predicted molar refractivity (Wildman–Crippen MR) is 82.4 cm³/mol. The third-order valence-corrected chi connectivity index (χ3v) is 4.15. The van der Waals surface area contributed by atoms with Gasteiger partial charge in [-0.25, -0.2) is 13.6 Å². The Balaban J connectivity index is 2.79. The molecule has 0 aromatic heterocycles. The van der Waals surface area contributed by atoms with Crippen LogP contribution >= 0.6 is 0 Å². The molecule has 0 spiro atoms. The van der Waals surface area contributed by atoms with E-state index in [4.69, 9.17) is 9.88 Å². The maximum Gasteiger partial charge on any atom is 0.209 e. The molecule has 1 aromatic carbocycles. The van der Waals surface area contributed by atoms with Crippen LogP contribution in [-0.2, 0) is 15.4 Å². The van der Waals surface area contributed by atoms with Crippen LogP contribution in [0.5, 0.6) is 5.75 Å². The van der Waals surface area contributed by atoms with Crippen LogP contribution in [0.25, 0.3) is 0 Å². The van der Waals surface area contributed by atoms with Crippen LogP contribution in [0.15, 0.2) is 24.3 Å². The number of hydrogen-bond acceptors (Lipinski definition) is 3. The predicted octanol–water partition coefficient (Wildman–Crippen LogP) is 2.68. The minimum Gasteiger partial charge on any atom is -0.493 e. The Morgan fingerprint density at radius 3 is 2.35 bits per heavy atom. The van der Waals surface area contributed by atoms with Gasteiger partial charge >= 0.3 is 0 Å². The zero-order chi connectivity index (χ0) is 15.4. The smallest absolute Gasteiger partial charge is 0.209 e. The number of para-hydroxylation sites is 1. The molecule has 0 amide bonds. The van der Waals surface area contributed by atoms with E-state index in [0.29, 0.717) is 13.0 Å². The molecule has 0 bridgehead atoms. The maximum atomic E-state index is 11.2. The SMILES string of the molecule is CCC(COc1ccccc1C(C)(C)C)CS(N)(=O)=O.